The Hall–Kier alpha value is -0.370. The summed E-state index contributed by atoms with van der Waals surface area (Å²) in [5, 5.41) is 0. The average Bonchev–Trinajstić information content (AvgIpc) is 2.28. The third-order valence-electron chi connectivity index (χ3n) is 2.39. The highest BCUT2D eigenvalue weighted by Gasteiger charge is 2.08. The molecule has 1 aromatic rings. The van der Waals surface area contributed by atoms with Gasteiger partial charge in [0, 0.05) is 5.69 Å². The first kappa shape index (κ1) is 8.24. The lowest BCUT2D eigenvalue weighted by Crippen LogP contribution is -1.94. The van der Waals surface area contributed by atoms with Crippen LogP contribution in [0, 0.1) is 0 Å². The van der Waals surface area contributed by atoms with Gasteiger partial charge in [0.25, 0.3) is 0 Å². The molecule has 1 aromatic heterocycles. The normalized spacial score (nSPS) is 16.8. The summed E-state index contributed by atoms with van der Waals surface area (Å²) < 4.78 is 0.975. The Morgan fingerprint density at radius 3 is 2.83 bits per heavy atom. The summed E-state index contributed by atoms with van der Waals surface area (Å²) in [6.07, 6.45) is 6.37. The van der Waals surface area contributed by atoms with Gasteiger partial charge in [-0.3, -0.25) is 0 Å². The minimum absolute atomic E-state index is 0.975. The van der Waals surface area contributed by atoms with Gasteiger partial charge in [-0.25, -0.2) is 4.98 Å². The zero-order valence-corrected chi connectivity index (χ0v) is 8.60. The number of fused-ring (bicyclic) bond motifs is 1. The predicted octanol–water partition coefficient (Wildman–Crippen LogP) is 3.11. The molecule has 1 aliphatic rings. The van der Waals surface area contributed by atoms with E-state index in [1.165, 1.54) is 36.9 Å². The predicted molar refractivity (Wildman–Crippen MR) is 53.2 cm³/mol. The van der Waals surface area contributed by atoms with E-state index in [0.717, 1.165) is 11.0 Å². The van der Waals surface area contributed by atoms with E-state index < -0.39 is 0 Å². The van der Waals surface area contributed by atoms with Crippen LogP contribution in [0.2, 0.25) is 0 Å². The van der Waals surface area contributed by atoms with E-state index in [4.69, 9.17) is 0 Å². The smallest absolute Gasteiger partial charge is 0.106 e. The molecule has 1 nitrogen and oxygen atoms in total. The van der Waals surface area contributed by atoms with E-state index in [9.17, 15) is 0 Å². The largest absolute Gasteiger partial charge is 0.246 e. The van der Waals surface area contributed by atoms with Crippen LogP contribution >= 0.6 is 15.9 Å². The Kier molecular flexibility index (Phi) is 2.45. The summed E-state index contributed by atoms with van der Waals surface area (Å²) >= 11 is 3.40. The van der Waals surface area contributed by atoms with E-state index in [1.54, 1.807) is 0 Å². The number of hydrogen-bond donors (Lipinski definition) is 0. The number of aryl methyl sites for hydroxylation is 2. The molecule has 0 spiro atoms. The minimum Gasteiger partial charge on any atom is -0.246 e. The first-order valence-corrected chi connectivity index (χ1v) is 5.30. The summed E-state index contributed by atoms with van der Waals surface area (Å²) in [5.41, 5.74) is 2.76. The molecule has 0 amide bonds. The molecular formula is C10H12BrN. The molecular weight excluding hydrogens is 214 g/mol. The summed E-state index contributed by atoms with van der Waals surface area (Å²) in [6.45, 7) is 0. The van der Waals surface area contributed by atoms with Crippen LogP contribution in [0.3, 0.4) is 0 Å². The molecule has 0 N–H and O–H groups in total. The van der Waals surface area contributed by atoms with E-state index in [0.29, 0.717) is 0 Å². The lowest BCUT2D eigenvalue weighted by atomic mass is 10.1. The SMILES string of the molecule is Brc1ccc2c(n1)CCCCC2. The highest BCUT2D eigenvalue weighted by Crippen LogP contribution is 2.20. The lowest BCUT2D eigenvalue weighted by molar-refractivity contribution is 0.708. The topological polar surface area (TPSA) is 12.9 Å². The Morgan fingerprint density at radius 1 is 1.08 bits per heavy atom. The fraction of sp³-hybridized carbons (Fsp3) is 0.500. The van der Waals surface area contributed by atoms with E-state index >= 15 is 0 Å². The number of rotatable bonds is 0. The molecule has 0 radical (unpaired) electrons. The van der Waals surface area contributed by atoms with Gasteiger partial charge in [-0.2, -0.15) is 0 Å². The maximum absolute atomic E-state index is 4.49. The molecule has 2 heteroatoms. The van der Waals surface area contributed by atoms with Crippen molar-refractivity contribution in [1.29, 1.82) is 0 Å². The fourth-order valence-electron chi connectivity index (χ4n) is 1.73. The minimum atomic E-state index is 0.975. The van der Waals surface area contributed by atoms with Gasteiger partial charge in [0.1, 0.15) is 4.60 Å². The van der Waals surface area contributed by atoms with Crippen molar-refractivity contribution in [2.45, 2.75) is 32.1 Å². The Balaban J connectivity index is 2.36. The van der Waals surface area contributed by atoms with Crippen LogP contribution in [0.5, 0.6) is 0 Å². The highest BCUT2D eigenvalue weighted by molar-refractivity contribution is 9.10. The molecule has 0 atom stereocenters. The first-order valence-electron chi connectivity index (χ1n) is 4.50. The standard InChI is InChI=1S/C10H12BrN/c11-10-7-6-8-4-2-1-3-5-9(8)12-10/h6-7H,1-5H2. The van der Waals surface area contributed by atoms with Gasteiger partial charge in [0.2, 0.25) is 0 Å². The Bertz CT molecular complexity index is 283. The van der Waals surface area contributed by atoms with Crippen LogP contribution in [-0.2, 0) is 12.8 Å². The third-order valence-corrected chi connectivity index (χ3v) is 2.84. The number of halogens is 1. The molecule has 2 rings (SSSR count). The highest BCUT2D eigenvalue weighted by atomic mass is 79.9. The molecule has 12 heavy (non-hydrogen) atoms. The van der Waals surface area contributed by atoms with Crippen molar-refractivity contribution in [1.82, 2.24) is 4.98 Å². The molecule has 1 aliphatic carbocycles. The quantitative estimate of drug-likeness (QED) is 0.489. The van der Waals surface area contributed by atoms with Gasteiger partial charge in [-0.1, -0.05) is 12.5 Å². The molecule has 0 fully saturated rings. The molecule has 64 valence electrons. The van der Waals surface area contributed by atoms with Crippen LogP contribution in [0.4, 0.5) is 0 Å². The molecule has 0 saturated heterocycles. The van der Waals surface area contributed by atoms with E-state index in [2.05, 4.69) is 27.0 Å². The van der Waals surface area contributed by atoms with Crippen molar-refractivity contribution in [3.05, 3.63) is 28.0 Å². The van der Waals surface area contributed by atoms with Crippen molar-refractivity contribution in [3.63, 3.8) is 0 Å². The van der Waals surface area contributed by atoms with Gasteiger partial charge < -0.3 is 0 Å². The van der Waals surface area contributed by atoms with Gasteiger partial charge in [-0.15, -0.1) is 0 Å². The number of hydrogen-bond acceptors (Lipinski definition) is 1. The van der Waals surface area contributed by atoms with Gasteiger partial charge in [0.15, 0.2) is 0 Å². The number of aromatic nitrogens is 1. The monoisotopic (exact) mass is 225 g/mol. The van der Waals surface area contributed by atoms with Crippen molar-refractivity contribution in [2.75, 3.05) is 0 Å². The molecule has 0 bridgehead atoms. The lowest BCUT2D eigenvalue weighted by Gasteiger charge is -2.03. The first-order chi connectivity index (χ1) is 5.86. The summed E-state index contributed by atoms with van der Waals surface area (Å²) in [6, 6.07) is 4.25. The third kappa shape index (κ3) is 1.69. The van der Waals surface area contributed by atoms with Crippen LogP contribution in [0.1, 0.15) is 30.5 Å². The van der Waals surface area contributed by atoms with Crippen molar-refractivity contribution < 1.29 is 0 Å². The van der Waals surface area contributed by atoms with Gasteiger partial charge >= 0.3 is 0 Å². The fourth-order valence-corrected chi connectivity index (χ4v) is 2.08. The average molecular weight is 226 g/mol. The summed E-state index contributed by atoms with van der Waals surface area (Å²) in [5.74, 6) is 0. The zero-order chi connectivity index (χ0) is 8.39. The van der Waals surface area contributed by atoms with Gasteiger partial charge in [-0.05, 0) is 53.2 Å². The molecule has 0 saturated carbocycles. The molecule has 0 unspecified atom stereocenters. The molecule has 0 aliphatic heterocycles. The van der Waals surface area contributed by atoms with Crippen molar-refractivity contribution >= 4 is 15.9 Å². The Labute approximate surface area is 81.3 Å². The maximum atomic E-state index is 4.49. The second-order valence-electron chi connectivity index (χ2n) is 3.30. The van der Waals surface area contributed by atoms with Crippen molar-refractivity contribution in [2.24, 2.45) is 0 Å². The van der Waals surface area contributed by atoms with Crippen molar-refractivity contribution in [3.8, 4) is 0 Å². The second kappa shape index (κ2) is 3.56. The Morgan fingerprint density at radius 2 is 1.92 bits per heavy atom. The van der Waals surface area contributed by atoms with Gasteiger partial charge in [0.05, 0.1) is 0 Å². The molecule has 0 aromatic carbocycles. The van der Waals surface area contributed by atoms with Crippen LogP contribution in [-0.4, -0.2) is 4.98 Å². The maximum Gasteiger partial charge on any atom is 0.106 e. The second-order valence-corrected chi connectivity index (χ2v) is 4.11. The van der Waals surface area contributed by atoms with Crippen LogP contribution in [0.25, 0.3) is 0 Å². The zero-order valence-electron chi connectivity index (χ0n) is 7.02. The summed E-state index contributed by atoms with van der Waals surface area (Å²) in [7, 11) is 0. The number of nitrogens with zero attached hydrogens (tertiary/aromatic N) is 1. The summed E-state index contributed by atoms with van der Waals surface area (Å²) in [4.78, 5) is 4.49. The molecule has 1 heterocycles. The van der Waals surface area contributed by atoms with Crippen LogP contribution in [0.15, 0.2) is 16.7 Å². The number of pyridine rings is 1. The van der Waals surface area contributed by atoms with E-state index in [1.807, 2.05) is 6.07 Å². The van der Waals surface area contributed by atoms with Crippen LogP contribution < -0.4 is 0 Å². The van der Waals surface area contributed by atoms with E-state index in [-0.39, 0.29) is 0 Å².